The van der Waals surface area contributed by atoms with Crippen molar-refractivity contribution >= 4 is 33.8 Å². The van der Waals surface area contributed by atoms with Crippen molar-refractivity contribution in [3.63, 3.8) is 0 Å². The molecule has 1 saturated heterocycles. The molecule has 0 aromatic rings. The first kappa shape index (κ1) is 32.2. The first-order valence-electron chi connectivity index (χ1n) is 11.6. The molecule has 1 aliphatic rings. The van der Waals surface area contributed by atoms with Crippen molar-refractivity contribution in [3.05, 3.63) is 0 Å². The number of carbonyl (C=O) groups is 3. The zero-order valence-electron chi connectivity index (χ0n) is 22.4. The van der Waals surface area contributed by atoms with Crippen LogP contribution in [0.4, 0.5) is 0 Å². The van der Waals surface area contributed by atoms with Crippen LogP contribution >= 0.6 is 16.1 Å². The molecular formula is C21H45N3O9P2. The van der Waals surface area contributed by atoms with E-state index in [0.29, 0.717) is 0 Å². The molecule has 208 valence electrons. The zero-order valence-corrected chi connectivity index (χ0v) is 24.4. The average Bonchev–Trinajstić information content (AvgIpc) is 2.74. The SMILES string of the molecule is CC[PH](O)(OC)O[PH](O)(OC)OCCNC(=O)C(C)(C)CC(C)(C)N1C(=O)CC(C)(NC)CC1=O. The fourth-order valence-electron chi connectivity index (χ4n) is 4.29. The van der Waals surface area contributed by atoms with Gasteiger partial charge in [-0.05, 0) is 14.0 Å². The Balaban J connectivity index is 2.73. The second-order valence-electron chi connectivity index (χ2n) is 10.4. The van der Waals surface area contributed by atoms with E-state index in [1.807, 2.05) is 6.92 Å². The van der Waals surface area contributed by atoms with Gasteiger partial charge in [-0.1, -0.05) is 0 Å². The van der Waals surface area contributed by atoms with Gasteiger partial charge in [-0.3, -0.25) is 0 Å². The summed E-state index contributed by atoms with van der Waals surface area (Å²) in [5.41, 5.74) is -2.39. The average molecular weight is 546 g/mol. The standard InChI is InChI=1S/C21H45N3O9P2/c1-10-34(28,30-8)33-35(29,31-9)32-12-11-23-18(27)19(2,3)15-20(4,5)24-16(25)13-21(6,22-7)14-17(24)26/h22,28-29,34-35H,10-15H2,1-9H3,(H,23,27). The number of hydrogen-bond donors (Lipinski definition) is 4. The topological polar surface area (TPSA) is 156 Å². The monoisotopic (exact) mass is 545 g/mol. The summed E-state index contributed by atoms with van der Waals surface area (Å²) in [6.45, 7) is 10.4. The van der Waals surface area contributed by atoms with Gasteiger partial charge in [-0.2, -0.15) is 0 Å². The van der Waals surface area contributed by atoms with Crippen LogP contribution in [0.3, 0.4) is 0 Å². The van der Waals surface area contributed by atoms with Crippen molar-refractivity contribution in [2.75, 3.05) is 40.6 Å². The maximum atomic E-state index is 12.9. The number of amides is 3. The molecule has 4 N–H and O–H groups in total. The Kier molecular flexibility index (Phi) is 11.2. The summed E-state index contributed by atoms with van der Waals surface area (Å²) in [6, 6.07) is 0. The normalized spacial score (nSPS) is 18.5. The van der Waals surface area contributed by atoms with Crippen molar-refractivity contribution in [1.29, 1.82) is 0 Å². The third-order valence-electron chi connectivity index (χ3n) is 6.26. The summed E-state index contributed by atoms with van der Waals surface area (Å²) < 4.78 is 20.5. The van der Waals surface area contributed by atoms with Gasteiger partial charge in [-0.25, -0.2) is 0 Å². The third-order valence-corrected chi connectivity index (χ3v) is 11.2. The van der Waals surface area contributed by atoms with Crippen molar-refractivity contribution in [3.8, 4) is 0 Å². The van der Waals surface area contributed by atoms with Crippen molar-refractivity contribution in [2.45, 2.75) is 71.9 Å². The van der Waals surface area contributed by atoms with Gasteiger partial charge in [0.05, 0.1) is 0 Å². The number of nitrogens with zero attached hydrogens (tertiary/aromatic N) is 1. The van der Waals surface area contributed by atoms with E-state index in [9.17, 15) is 24.2 Å². The van der Waals surface area contributed by atoms with Gasteiger partial charge in [0.2, 0.25) is 0 Å². The van der Waals surface area contributed by atoms with E-state index in [2.05, 4.69) is 10.6 Å². The van der Waals surface area contributed by atoms with Gasteiger partial charge in [-0.15, -0.1) is 0 Å². The molecule has 1 aliphatic heterocycles. The number of rotatable bonds is 14. The van der Waals surface area contributed by atoms with Crippen LogP contribution in [0.15, 0.2) is 0 Å². The maximum absolute atomic E-state index is 12.9. The number of likely N-dealkylation sites (tertiary alicyclic amines) is 1. The summed E-state index contributed by atoms with van der Waals surface area (Å²) in [5.74, 6) is -0.864. The first-order valence-corrected chi connectivity index (χ1v) is 15.3. The fourth-order valence-corrected chi connectivity index (χ4v) is 8.15. The van der Waals surface area contributed by atoms with Crippen LogP contribution in [-0.4, -0.2) is 84.1 Å². The van der Waals surface area contributed by atoms with Crippen LogP contribution in [0.2, 0.25) is 0 Å². The molecule has 0 atom stereocenters. The Morgan fingerprint density at radius 3 is 2.09 bits per heavy atom. The Hall–Kier alpha value is -0.810. The predicted octanol–water partition coefficient (Wildman–Crippen LogP) is 1.66. The van der Waals surface area contributed by atoms with E-state index in [-0.39, 0.29) is 56.3 Å². The molecule has 0 spiro atoms. The molecule has 12 nitrogen and oxygen atoms in total. The molecule has 0 saturated carbocycles. The van der Waals surface area contributed by atoms with E-state index in [1.165, 1.54) is 19.1 Å². The molecule has 1 rings (SSSR count). The summed E-state index contributed by atoms with van der Waals surface area (Å²) in [4.78, 5) is 60.5. The molecule has 1 heterocycles. The van der Waals surface area contributed by atoms with Gasteiger partial charge in [0, 0.05) is 0 Å². The van der Waals surface area contributed by atoms with Crippen molar-refractivity contribution in [1.82, 2.24) is 15.5 Å². The summed E-state index contributed by atoms with van der Waals surface area (Å²) in [6.07, 6.45) is 0.776. The molecule has 0 aromatic carbocycles. The molecule has 14 heteroatoms. The minimum absolute atomic E-state index is 0.0336. The zero-order chi connectivity index (χ0) is 27.3. The summed E-state index contributed by atoms with van der Waals surface area (Å²) in [7, 11) is -3.59. The molecule has 0 bridgehead atoms. The van der Waals surface area contributed by atoms with E-state index in [0.717, 1.165) is 0 Å². The van der Waals surface area contributed by atoms with Gasteiger partial charge in [0.25, 0.3) is 0 Å². The van der Waals surface area contributed by atoms with Gasteiger partial charge >= 0.3 is 190 Å². The van der Waals surface area contributed by atoms with Crippen LogP contribution in [-0.2, 0) is 32.3 Å². The Bertz CT molecular complexity index is 759. The predicted molar refractivity (Wildman–Crippen MR) is 137 cm³/mol. The van der Waals surface area contributed by atoms with Gasteiger partial charge in [0.1, 0.15) is 0 Å². The van der Waals surface area contributed by atoms with E-state index < -0.39 is 32.6 Å². The number of hydrogen-bond acceptors (Lipinski definition) is 10. The molecule has 1 fully saturated rings. The number of nitrogens with one attached hydrogen (secondary N) is 2. The first-order chi connectivity index (χ1) is 15.9. The van der Waals surface area contributed by atoms with E-state index in [4.69, 9.17) is 17.9 Å². The van der Waals surface area contributed by atoms with Crippen molar-refractivity contribution < 1.29 is 42.1 Å². The van der Waals surface area contributed by atoms with Crippen LogP contribution in [0, 0.1) is 5.41 Å². The second kappa shape index (κ2) is 12.2. The molecule has 0 aliphatic carbocycles. The van der Waals surface area contributed by atoms with Crippen LogP contribution in [0.1, 0.15) is 60.8 Å². The fraction of sp³-hybridized carbons (Fsp3) is 0.857. The van der Waals surface area contributed by atoms with E-state index >= 15 is 0 Å². The second-order valence-corrected chi connectivity index (χ2v) is 15.5. The van der Waals surface area contributed by atoms with Crippen molar-refractivity contribution in [2.24, 2.45) is 5.41 Å². The molecule has 0 unspecified atom stereocenters. The molecule has 35 heavy (non-hydrogen) atoms. The Morgan fingerprint density at radius 1 is 1.11 bits per heavy atom. The summed E-state index contributed by atoms with van der Waals surface area (Å²) >= 11 is 0. The van der Waals surface area contributed by atoms with Crippen LogP contribution < -0.4 is 10.6 Å². The van der Waals surface area contributed by atoms with Crippen LogP contribution in [0.25, 0.3) is 0 Å². The van der Waals surface area contributed by atoms with E-state index in [1.54, 1.807) is 41.7 Å². The Morgan fingerprint density at radius 2 is 1.66 bits per heavy atom. The number of carbonyl (C=O) groups excluding carboxylic acids is 3. The Labute approximate surface area is 209 Å². The molecule has 3 amide bonds. The minimum atomic E-state index is -4.16. The third kappa shape index (κ3) is 8.62. The molecule has 0 aromatic heterocycles. The number of piperidine rings is 1. The molecule has 0 radical (unpaired) electrons. The van der Waals surface area contributed by atoms with Crippen LogP contribution in [0.5, 0.6) is 0 Å². The van der Waals surface area contributed by atoms with Gasteiger partial charge < -0.3 is 5.32 Å². The molecular weight excluding hydrogens is 500 g/mol. The van der Waals surface area contributed by atoms with Gasteiger partial charge in [0.15, 0.2) is 0 Å². The summed E-state index contributed by atoms with van der Waals surface area (Å²) in [5, 5.41) is 5.78. The number of imide groups is 1. The quantitative estimate of drug-likeness (QED) is 0.144.